The van der Waals surface area contributed by atoms with Crippen LogP contribution in [0.5, 0.6) is 17.2 Å². The molecule has 0 amide bonds. The number of ether oxygens (including phenoxy) is 3. The maximum Gasteiger partial charge on any atom is 0.203 e. The van der Waals surface area contributed by atoms with Crippen molar-refractivity contribution >= 4 is 11.1 Å². The van der Waals surface area contributed by atoms with Crippen LogP contribution in [0.2, 0.25) is 0 Å². The molecule has 1 rings (SSSR count). The fraction of sp³-hybridized carbons (Fsp3) is 0.400. The molecule has 0 aliphatic heterocycles. The molecule has 0 aromatic heterocycles. The summed E-state index contributed by atoms with van der Waals surface area (Å²) in [5.74, 6) is 1.26. The van der Waals surface area contributed by atoms with Crippen molar-refractivity contribution in [2.45, 2.75) is 5.75 Å². The van der Waals surface area contributed by atoms with Crippen LogP contribution >= 0.6 is 0 Å². The van der Waals surface area contributed by atoms with Crippen molar-refractivity contribution in [3.8, 4) is 17.2 Å². The first-order chi connectivity index (χ1) is 7.62. The molecule has 16 heavy (non-hydrogen) atoms. The van der Waals surface area contributed by atoms with Gasteiger partial charge in [-0.2, -0.15) is 0 Å². The molecular weight excluding hydrogens is 232 g/mol. The summed E-state index contributed by atoms with van der Waals surface area (Å²) in [6, 6.07) is 3.22. The third-order valence-corrected chi connectivity index (χ3v) is 2.58. The Bertz CT molecular complexity index is 366. The third-order valence-electron chi connectivity index (χ3n) is 2.01. The lowest BCUT2D eigenvalue weighted by atomic mass is 10.2. The first-order valence-corrected chi connectivity index (χ1v) is 5.71. The maximum absolute atomic E-state index is 10.6. The van der Waals surface area contributed by atoms with Gasteiger partial charge in [-0.3, -0.25) is 4.21 Å². The molecule has 90 valence electrons. The lowest BCUT2D eigenvalue weighted by Crippen LogP contribution is -1.99. The van der Waals surface area contributed by atoms with E-state index in [1.54, 1.807) is 12.1 Å². The van der Waals surface area contributed by atoms with E-state index >= 15 is 0 Å². The third kappa shape index (κ3) is 2.86. The Kier molecular flexibility index (Phi) is 4.57. The fourth-order valence-electron chi connectivity index (χ4n) is 1.35. The van der Waals surface area contributed by atoms with Gasteiger partial charge in [-0.1, -0.05) is 11.1 Å². The summed E-state index contributed by atoms with van der Waals surface area (Å²) in [7, 11) is 4.45. The van der Waals surface area contributed by atoms with Crippen LogP contribution in [0.3, 0.4) is 0 Å². The minimum absolute atomic E-state index is 0.0866. The van der Waals surface area contributed by atoms with Crippen molar-refractivity contribution in [1.29, 1.82) is 0 Å². The Hall–Kier alpha value is -1.27. The molecule has 1 aromatic rings. The minimum Gasteiger partial charge on any atom is -0.772 e. The Morgan fingerprint density at radius 1 is 1.12 bits per heavy atom. The highest BCUT2D eigenvalue weighted by molar-refractivity contribution is 7.78. The summed E-state index contributed by atoms with van der Waals surface area (Å²) >= 11 is -2.15. The molecule has 0 bridgehead atoms. The van der Waals surface area contributed by atoms with E-state index in [1.807, 2.05) is 0 Å². The summed E-state index contributed by atoms with van der Waals surface area (Å²) in [6.07, 6.45) is 0. The number of methoxy groups -OCH3 is 3. The summed E-state index contributed by atoms with van der Waals surface area (Å²) < 4.78 is 36.5. The van der Waals surface area contributed by atoms with Gasteiger partial charge in [0.05, 0.1) is 21.3 Å². The molecule has 0 radical (unpaired) electrons. The molecular formula is C10H13O5S-. The Balaban J connectivity index is 3.20. The van der Waals surface area contributed by atoms with E-state index in [0.717, 1.165) is 0 Å². The van der Waals surface area contributed by atoms with E-state index in [0.29, 0.717) is 22.8 Å². The van der Waals surface area contributed by atoms with Gasteiger partial charge in [-0.15, -0.1) is 0 Å². The molecule has 0 spiro atoms. The van der Waals surface area contributed by atoms with Crippen molar-refractivity contribution in [2.24, 2.45) is 0 Å². The van der Waals surface area contributed by atoms with Crippen molar-refractivity contribution in [3.63, 3.8) is 0 Å². The Morgan fingerprint density at radius 2 is 1.62 bits per heavy atom. The molecule has 0 heterocycles. The molecule has 0 saturated heterocycles. The van der Waals surface area contributed by atoms with E-state index in [2.05, 4.69) is 0 Å². The lowest BCUT2D eigenvalue weighted by Gasteiger charge is -2.14. The standard InChI is InChI=1S/C10H14O5S/c1-13-8-4-7(6-16(11)12)5-9(14-2)10(8)15-3/h4-5H,6H2,1-3H3,(H,11,12)/p-1. The van der Waals surface area contributed by atoms with Crippen LogP contribution in [-0.4, -0.2) is 30.1 Å². The van der Waals surface area contributed by atoms with Gasteiger partial charge in [-0.05, 0) is 17.7 Å². The minimum atomic E-state index is -2.15. The van der Waals surface area contributed by atoms with E-state index < -0.39 is 11.1 Å². The van der Waals surface area contributed by atoms with E-state index in [1.165, 1.54) is 21.3 Å². The van der Waals surface area contributed by atoms with Gasteiger partial charge in [0, 0.05) is 5.75 Å². The quantitative estimate of drug-likeness (QED) is 0.726. The zero-order valence-corrected chi connectivity index (χ0v) is 10.1. The molecule has 0 saturated carbocycles. The largest absolute Gasteiger partial charge is 0.772 e. The highest BCUT2D eigenvalue weighted by atomic mass is 32.2. The van der Waals surface area contributed by atoms with Gasteiger partial charge in [0.15, 0.2) is 11.5 Å². The summed E-state index contributed by atoms with van der Waals surface area (Å²) in [5.41, 5.74) is 0.586. The average molecular weight is 245 g/mol. The van der Waals surface area contributed by atoms with Gasteiger partial charge in [-0.25, -0.2) is 0 Å². The van der Waals surface area contributed by atoms with Crippen LogP contribution in [0.1, 0.15) is 5.56 Å². The fourth-order valence-corrected chi connectivity index (χ4v) is 1.79. The summed E-state index contributed by atoms with van der Waals surface area (Å²) in [6.45, 7) is 0. The lowest BCUT2D eigenvalue weighted by molar-refractivity contribution is 0.324. The molecule has 0 N–H and O–H groups in total. The molecule has 1 unspecified atom stereocenters. The highest BCUT2D eigenvalue weighted by Crippen LogP contribution is 2.38. The van der Waals surface area contributed by atoms with Crippen molar-refractivity contribution in [3.05, 3.63) is 17.7 Å². The molecule has 0 fully saturated rings. The molecule has 6 heteroatoms. The van der Waals surface area contributed by atoms with Gasteiger partial charge in [0.25, 0.3) is 0 Å². The summed E-state index contributed by atoms with van der Waals surface area (Å²) in [5, 5.41) is 0. The second kappa shape index (κ2) is 5.72. The van der Waals surface area contributed by atoms with Crippen molar-refractivity contribution < 1.29 is 23.0 Å². The Labute approximate surface area is 96.6 Å². The molecule has 1 atom stereocenters. The highest BCUT2D eigenvalue weighted by Gasteiger charge is 2.12. The first-order valence-electron chi connectivity index (χ1n) is 4.47. The number of benzene rings is 1. The molecule has 5 nitrogen and oxygen atoms in total. The summed E-state index contributed by atoms with van der Waals surface area (Å²) in [4.78, 5) is 0. The second-order valence-electron chi connectivity index (χ2n) is 2.98. The zero-order valence-electron chi connectivity index (χ0n) is 9.31. The van der Waals surface area contributed by atoms with Crippen LogP contribution < -0.4 is 14.2 Å². The van der Waals surface area contributed by atoms with Crippen molar-refractivity contribution in [1.82, 2.24) is 0 Å². The van der Waals surface area contributed by atoms with Crippen LogP contribution in [0.15, 0.2) is 12.1 Å². The molecule has 0 aliphatic rings. The predicted molar refractivity (Wildman–Crippen MR) is 58.7 cm³/mol. The van der Waals surface area contributed by atoms with Crippen LogP contribution in [0.4, 0.5) is 0 Å². The van der Waals surface area contributed by atoms with Crippen LogP contribution in [0, 0.1) is 0 Å². The number of rotatable bonds is 5. The zero-order chi connectivity index (χ0) is 12.1. The van der Waals surface area contributed by atoms with E-state index in [9.17, 15) is 8.76 Å². The smallest absolute Gasteiger partial charge is 0.203 e. The first kappa shape index (κ1) is 12.8. The van der Waals surface area contributed by atoms with Crippen LogP contribution in [-0.2, 0) is 16.8 Å². The number of hydrogen-bond acceptors (Lipinski definition) is 5. The Morgan fingerprint density at radius 3 is 1.94 bits per heavy atom. The number of hydrogen-bond donors (Lipinski definition) is 0. The SMILES string of the molecule is COc1cc(CS(=O)[O-])cc(OC)c1OC. The maximum atomic E-state index is 10.6. The van der Waals surface area contributed by atoms with Crippen molar-refractivity contribution in [2.75, 3.05) is 21.3 Å². The van der Waals surface area contributed by atoms with Gasteiger partial charge in [0.1, 0.15) is 0 Å². The average Bonchev–Trinajstić information content (AvgIpc) is 2.26. The predicted octanol–water partition coefficient (Wildman–Crippen LogP) is 1.09. The monoisotopic (exact) mass is 245 g/mol. The second-order valence-corrected chi connectivity index (χ2v) is 3.88. The molecule has 0 aliphatic carbocycles. The normalized spacial score (nSPS) is 12.0. The van der Waals surface area contributed by atoms with Gasteiger partial charge in [0.2, 0.25) is 5.75 Å². The van der Waals surface area contributed by atoms with Gasteiger partial charge >= 0.3 is 0 Å². The topological polar surface area (TPSA) is 67.8 Å². The van der Waals surface area contributed by atoms with E-state index in [4.69, 9.17) is 14.2 Å². The van der Waals surface area contributed by atoms with Crippen LogP contribution in [0.25, 0.3) is 0 Å². The molecule has 1 aromatic carbocycles. The van der Waals surface area contributed by atoms with Gasteiger partial charge < -0.3 is 18.8 Å². The van der Waals surface area contributed by atoms with E-state index in [-0.39, 0.29) is 5.75 Å².